The summed E-state index contributed by atoms with van der Waals surface area (Å²) in [5.41, 5.74) is 1.33. The average molecular weight is 229 g/mol. The van der Waals surface area contributed by atoms with Crippen LogP contribution in [-0.4, -0.2) is 17.4 Å². The minimum absolute atomic E-state index is 0.456. The van der Waals surface area contributed by atoms with Gasteiger partial charge in [0.15, 0.2) is 0 Å². The van der Waals surface area contributed by atoms with Crippen LogP contribution in [0.3, 0.4) is 0 Å². The van der Waals surface area contributed by atoms with Gasteiger partial charge in [0.2, 0.25) is 0 Å². The number of hydrogen-bond donors (Lipinski definition) is 1. The molecule has 0 aromatic heterocycles. The highest BCUT2D eigenvalue weighted by Crippen LogP contribution is 2.19. The molecule has 1 aromatic carbocycles. The normalized spacial score (nSPS) is 9.73. The molecule has 0 heterocycles. The van der Waals surface area contributed by atoms with Gasteiger partial charge in [-0.15, -0.1) is 0 Å². The first-order valence-electron chi connectivity index (χ1n) is 4.17. The van der Waals surface area contributed by atoms with E-state index in [0.717, 1.165) is 5.56 Å². The molecule has 0 saturated carbocycles. The zero-order valence-corrected chi connectivity index (χ0v) is 8.75. The maximum Gasteiger partial charge on any atom is 0.296 e. The molecule has 0 aliphatic heterocycles. The van der Waals surface area contributed by atoms with Crippen molar-refractivity contribution in [3.63, 3.8) is 0 Å². The van der Waals surface area contributed by atoms with Gasteiger partial charge >= 0.3 is 0 Å². The number of hydrogen-bond acceptors (Lipinski definition) is 3. The van der Waals surface area contributed by atoms with Gasteiger partial charge in [-0.3, -0.25) is 14.9 Å². The van der Waals surface area contributed by atoms with Crippen molar-refractivity contribution < 1.29 is 9.72 Å². The van der Waals surface area contributed by atoms with E-state index in [9.17, 15) is 14.9 Å². The van der Waals surface area contributed by atoms with Gasteiger partial charge in [-0.25, -0.2) is 0 Å². The number of anilines is 1. The summed E-state index contributed by atoms with van der Waals surface area (Å²) in [5.74, 6) is -0.667. The van der Waals surface area contributed by atoms with Crippen LogP contribution in [0.2, 0.25) is 5.02 Å². The lowest BCUT2D eigenvalue weighted by atomic mass is 10.2. The van der Waals surface area contributed by atoms with Crippen molar-refractivity contribution in [1.29, 1.82) is 0 Å². The van der Waals surface area contributed by atoms with E-state index in [1.54, 1.807) is 18.2 Å². The van der Waals surface area contributed by atoms with Crippen LogP contribution in [0.5, 0.6) is 0 Å². The number of carbonyl (C=O) groups excluding carboxylic acids is 1. The van der Waals surface area contributed by atoms with Gasteiger partial charge in [0.1, 0.15) is 0 Å². The van der Waals surface area contributed by atoms with Crippen molar-refractivity contribution in [3.05, 3.63) is 38.9 Å². The van der Waals surface area contributed by atoms with E-state index < -0.39 is 17.4 Å². The minimum atomic E-state index is -0.745. The van der Waals surface area contributed by atoms with E-state index in [2.05, 4.69) is 5.32 Å². The topological polar surface area (TPSA) is 72.2 Å². The lowest BCUT2D eigenvalue weighted by Gasteiger charge is -2.04. The molecule has 0 unspecified atom stereocenters. The molecule has 0 atom stereocenters. The van der Waals surface area contributed by atoms with Gasteiger partial charge in [0, 0.05) is 15.6 Å². The Morgan fingerprint density at radius 3 is 2.80 bits per heavy atom. The Balaban J connectivity index is 2.69. The lowest BCUT2D eigenvalue weighted by Crippen LogP contribution is -2.21. The number of carbonyl (C=O) groups is 1. The quantitative estimate of drug-likeness (QED) is 0.634. The van der Waals surface area contributed by atoms with Crippen molar-refractivity contribution in [1.82, 2.24) is 0 Å². The third-order valence-corrected chi connectivity index (χ3v) is 2.14. The van der Waals surface area contributed by atoms with Crippen molar-refractivity contribution in [2.24, 2.45) is 0 Å². The Morgan fingerprint density at radius 2 is 2.27 bits per heavy atom. The number of halogens is 1. The van der Waals surface area contributed by atoms with Gasteiger partial charge in [0.25, 0.3) is 12.5 Å². The van der Waals surface area contributed by atoms with Crippen LogP contribution >= 0.6 is 11.6 Å². The lowest BCUT2D eigenvalue weighted by molar-refractivity contribution is -0.467. The standard InChI is InChI=1S/C9H9ClN2O3/c1-6-2-3-7(4-8(6)10)11-9(13)5-12(14)15/h2-4H,5H2,1H3,(H,11,13). The second kappa shape index (κ2) is 4.75. The molecule has 0 aliphatic carbocycles. The van der Waals surface area contributed by atoms with Crippen LogP contribution in [0.15, 0.2) is 18.2 Å². The van der Waals surface area contributed by atoms with Crippen molar-refractivity contribution in [3.8, 4) is 0 Å². The number of aryl methyl sites for hydroxylation is 1. The number of nitro groups is 1. The summed E-state index contributed by atoms with van der Waals surface area (Å²) in [6, 6.07) is 4.91. The van der Waals surface area contributed by atoms with Gasteiger partial charge < -0.3 is 5.32 Å². The van der Waals surface area contributed by atoms with Crippen LogP contribution in [0, 0.1) is 17.0 Å². The molecule has 0 saturated heterocycles. The molecular formula is C9H9ClN2O3. The predicted molar refractivity (Wildman–Crippen MR) is 56.7 cm³/mol. The van der Waals surface area contributed by atoms with Gasteiger partial charge in [-0.1, -0.05) is 17.7 Å². The Morgan fingerprint density at radius 1 is 1.60 bits per heavy atom. The zero-order valence-electron chi connectivity index (χ0n) is 7.99. The van der Waals surface area contributed by atoms with Gasteiger partial charge in [-0.05, 0) is 24.6 Å². The van der Waals surface area contributed by atoms with Crippen molar-refractivity contribution in [2.75, 3.05) is 11.9 Å². The van der Waals surface area contributed by atoms with E-state index in [1.165, 1.54) is 0 Å². The monoisotopic (exact) mass is 228 g/mol. The molecule has 80 valence electrons. The van der Waals surface area contributed by atoms with Crippen molar-refractivity contribution >= 4 is 23.2 Å². The number of amides is 1. The molecule has 0 aliphatic rings. The fraction of sp³-hybridized carbons (Fsp3) is 0.222. The van der Waals surface area contributed by atoms with Crippen LogP contribution in [0.1, 0.15) is 5.56 Å². The molecule has 0 fully saturated rings. The molecule has 0 bridgehead atoms. The molecule has 6 heteroatoms. The molecule has 1 amide bonds. The van der Waals surface area contributed by atoms with Crippen LogP contribution in [0.4, 0.5) is 5.69 Å². The summed E-state index contributed by atoms with van der Waals surface area (Å²) in [6.07, 6.45) is 0. The Labute approximate surface area is 91.2 Å². The third kappa shape index (κ3) is 3.55. The second-order valence-corrected chi connectivity index (χ2v) is 3.41. The summed E-state index contributed by atoms with van der Waals surface area (Å²) in [4.78, 5) is 20.4. The summed E-state index contributed by atoms with van der Waals surface area (Å²) in [6.45, 7) is 1.08. The number of nitrogens with zero attached hydrogens (tertiary/aromatic N) is 1. The number of benzene rings is 1. The van der Waals surface area contributed by atoms with E-state index in [4.69, 9.17) is 11.6 Å². The summed E-state index contributed by atoms with van der Waals surface area (Å²) < 4.78 is 0. The van der Waals surface area contributed by atoms with E-state index in [-0.39, 0.29) is 0 Å². The smallest absolute Gasteiger partial charge is 0.296 e. The van der Waals surface area contributed by atoms with E-state index in [0.29, 0.717) is 10.7 Å². The van der Waals surface area contributed by atoms with Crippen LogP contribution < -0.4 is 5.32 Å². The molecule has 0 spiro atoms. The third-order valence-electron chi connectivity index (χ3n) is 1.73. The maximum absolute atomic E-state index is 11.0. The Bertz CT molecular complexity index is 406. The first-order chi connectivity index (χ1) is 6.99. The molecule has 1 N–H and O–H groups in total. The first kappa shape index (κ1) is 11.5. The fourth-order valence-electron chi connectivity index (χ4n) is 0.988. The Kier molecular flexibility index (Phi) is 3.62. The van der Waals surface area contributed by atoms with Gasteiger partial charge in [-0.2, -0.15) is 0 Å². The van der Waals surface area contributed by atoms with Gasteiger partial charge in [0.05, 0.1) is 0 Å². The van der Waals surface area contributed by atoms with Crippen LogP contribution in [-0.2, 0) is 4.79 Å². The summed E-state index contributed by atoms with van der Waals surface area (Å²) in [5, 5.41) is 12.9. The average Bonchev–Trinajstić information content (AvgIpc) is 2.10. The second-order valence-electron chi connectivity index (χ2n) is 3.00. The Hall–Kier alpha value is -1.62. The number of rotatable bonds is 3. The molecular weight excluding hydrogens is 220 g/mol. The zero-order chi connectivity index (χ0) is 11.4. The molecule has 5 nitrogen and oxygen atoms in total. The summed E-state index contributed by atoms with van der Waals surface area (Å²) >= 11 is 5.82. The largest absolute Gasteiger partial charge is 0.320 e. The molecule has 0 radical (unpaired) electrons. The highest BCUT2D eigenvalue weighted by Gasteiger charge is 2.09. The summed E-state index contributed by atoms with van der Waals surface area (Å²) in [7, 11) is 0. The molecule has 15 heavy (non-hydrogen) atoms. The predicted octanol–water partition coefficient (Wildman–Crippen LogP) is 1.86. The minimum Gasteiger partial charge on any atom is -0.320 e. The first-order valence-corrected chi connectivity index (χ1v) is 4.54. The molecule has 1 rings (SSSR count). The fourth-order valence-corrected chi connectivity index (χ4v) is 1.17. The maximum atomic E-state index is 11.0. The van der Waals surface area contributed by atoms with Crippen molar-refractivity contribution in [2.45, 2.75) is 6.92 Å². The molecule has 1 aromatic rings. The SMILES string of the molecule is Cc1ccc(NC(=O)C[N+](=O)[O-])cc1Cl. The van der Waals surface area contributed by atoms with E-state index >= 15 is 0 Å². The van der Waals surface area contributed by atoms with E-state index in [1.807, 2.05) is 6.92 Å². The highest BCUT2D eigenvalue weighted by atomic mass is 35.5. The van der Waals surface area contributed by atoms with Crippen LogP contribution in [0.25, 0.3) is 0 Å². The number of nitrogens with one attached hydrogen (secondary N) is 1. The highest BCUT2D eigenvalue weighted by molar-refractivity contribution is 6.31.